The maximum Gasteiger partial charge on any atom is 0.241 e. The Morgan fingerprint density at radius 3 is 2.71 bits per heavy atom. The third kappa shape index (κ3) is 3.22. The van der Waals surface area contributed by atoms with E-state index < -0.39 is 5.41 Å². The van der Waals surface area contributed by atoms with Gasteiger partial charge in [0.15, 0.2) is 0 Å². The van der Waals surface area contributed by atoms with Gasteiger partial charge in [0.2, 0.25) is 5.91 Å². The summed E-state index contributed by atoms with van der Waals surface area (Å²) < 4.78 is 18.8. The molecular formula is C16H19FN2O2. The second kappa shape index (κ2) is 6.23. The zero-order chi connectivity index (χ0) is 15.5. The van der Waals surface area contributed by atoms with E-state index >= 15 is 0 Å². The van der Waals surface area contributed by atoms with Crippen LogP contribution in [0.2, 0.25) is 0 Å². The zero-order valence-corrected chi connectivity index (χ0v) is 12.3. The molecule has 0 saturated carbocycles. The fraction of sp³-hybridized carbons (Fsp3) is 0.500. The molecule has 1 aromatic rings. The second-order valence-electron chi connectivity index (χ2n) is 5.51. The smallest absolute Gasteiger partial charge is 0.241 e. The number of rotatable bonds is 3. The maximum atomic E-state index is 13.6. The number of nitriles is 1. The standard InChI is InChI=1S/C16H19FN2O2/c1-11-3-4-13(9-14(11)17)12(2)19-15(20)16(10-18)5-7-21-8-6-16/h3-4,9,12H,5-8H2,1-2H3,(H,19,20). The van der Waals surface area contributed by atoms with E-state index in [1.807, 2.05) is 0 Å². The van der Waals surface area contributed by atoms with E-state index in [0.29, 0.717) is 37.2 Å². The van der Waals surface area contributed by atoms with Crippen molar-refractivity contribution in [3.8, 4) is 6.07 Å². The van der Waals surface area contributed by atoms with Gasteiger partial charge < -0.3 is 10.1 Å². The molecule has 1 N–H and O–H groups in total. The lowest BCUT2D eigenvalue weighted by Gasteiger charge is -2.30. The fourth-order valence-electron chi connectivity index (χ4n) is 2.41. The summed E-state index contributed by atoms with van der Waals surface area (Å²) >= 11 is 0. The summed E-state index contributed by atoms with van der Waals surface area (Å²) in [6.45, 7) is 4.30. The van der Waals surface area contributed by atoms with Crippen molar-refractivity contribution in [3.05, 3.63) is 35.1 Å². The molecule has 1 aliphatic heterocycles. The first-order valence-electron chi connectivity index (χ1n) is 7.04. The van der Waals surface area contributed by atoms with E-state index in [1.165, 1.54) is 6.07 Å². The molecular weight excluding hydrogens is 271 g/mol. The molecule has 1 aromatic carbocycles. The first kappa shape index (κ1) is 15.5. The van der Waals surface area contributed by atoms with Gasteiger partial charge in [-0.05, 0) is 43.9 Å². The topological polar surface area (TPSA) is 62.1 Å². The van der Waals surface area contributed by atoms with Crippen LogP contribution in [0.25, 0.3) is 0 Å². The quantitative estimate of drug-likeness (QED) is 0.930. The van der Waals surface area contributed by atoms with Crippen LogP contribution in [0.1, 0.15) is 36.9 Å². The van der Waals surface area contributed by atoms with E-state index in [4.69, 9.17) is 4.74 Å². The van der Waals surface area contributed by atoms with Crippen LogP contribution in [-0.4, -0.2) is 19.1 Å². The Morgan fingerprint density at radius 2 is 2.14 bits per heavy atom. The predicted molar refractivity (Wildman–Crippen MR) is 75.8 cm³/mol. The molecule has 1 fully saturated rings. The number of carbonyl (C=O) groups excluding carboxylic acids is 1. The molecule has 1 saturated heterocycles. The number of halogens is 1. The van der Waals surface area contributed by atoms with Crippen LogP contribution in [0.15, 0.2) is 18.2 Å². The minimum absolute atomic E-state index is 0.297. The van der Waals surface area contributed by atoms with Crippen molar-refractivity contribution >= 4 is 5.91 Å². The van der Waals surface area contributed by atoms with Gasteiger partial charge >= 0.3 is 0 Å². The average molecular weight is 290 g/mol. The number of amides is 1. The number of nitrogens with zero attached hydrogens (tertiary/aromatic N) is 1. The summed E-state index contributed by atoms with van der Waals surface area (Å²) in [5, 5.41) is 12.2. The van der Waals surface area contributed by atoms with Crippen molar-refractivity contribution < 1.29 is 13.9 Å². The molecule has 2 rings (SSSR count). The van der Waals surface area contributed by atoms with Crippen LogP contribution in [-0.2, 0) is 9.53 Å². The van der Waals surface area contributed by atoms with Crippen molar-refractivity contribution in [1.82, 2.24) is 5.32 Å². The van der Waals surface area contributed by atoms with Crippen LogP contribution in [0.4, 0.5) is 4.39 Å². The molecule has 112 valence electrons. The molecule has 0 aromatic heterocycles. The first-order chi connectivity index (χ1) is 9.98. The van der Waals surface area contributed by atoms with Crippen molar-refractivity contribution in [1.29, 1.82) is 5.26 Å². The Bertz CT molecular complexity index is 574. The summed E-state index contributed by atoms with van der Waals surface area (Å²) in [7, 11) is 0. The minimum atomic E-state index is -1.03. The Hall–Kier alpha value is -1.93. The SMILES string of the molecule is Cc1ccc(C(C)NC(=O)C2(C#N)CCOCC2)cc1F. The summed E-state index contributed by atoms with van der Waals surface area (Å²) in [5.74, 6) is -0.601. The van der Waals surface area contributed by atoms with Gasteiger partial charge in [0, 0.05) is 13.2 Å². The lowest BCUT2D eigenvalue weighted by molar-refractivity contribution is -0.133. The van der Waals surface area contributed by atoms with Gasteiger partial charge in [-0.2, -0.15) is 5.26 Å². The van der Waals surface area contributed by atoms with E-state index in [0.717, 1.165) is 0 Å². The summed E-state index contributed by atoms with van der Waals surface area (Å²) in [6, 6.07) is 6.67. The van der Waals surface area contributed by atoms with Crippen LogP contribution < -0.4 is 5.32 Å². The number of benzene rings is 1. The molecule has 1 aliphatic rings. The van der Waals surface area contributed by atoms with Gasteiger partial charge in [-0.15, -0.1) is 0 Å². The van der Waals surface area contributed by atoms with Crippen LogP contribution in [0.5, 0.6) is 0 Å². The number of aryl methyl sites for hydroxylation is 1. The van der Waals surface area contributed by atoms with Crippen molar-refractivity contribution in [2.24, 2.45) is 5.41 Å². The lowest BCUT2D eigenvalue weighted by Crippen LogP contribution is -2.44. The monoisotopic (exact) mass is 290 g/mol. The number of hydrogen-bond acceptors (Lipinski definition) is 3. The van der Waals surface area contributed by atoms with Gasteiger partial charge in [0.1, 0.15) is 11.2 Å². The molecule has 4 nitrogen and oxygen atoms in total. The van der Waals surface area contributed by atoms with Crippen molar-refractivity contribution in [3.63, 3.8) is 0 Å². The number of hydrogen-bond donors (Lipinski definition) is 1. The Labute approximate surface area is 123 Å². The molecule has 1 unspecified atom stereocenters. The lowest BCUT2D eigenvalue weighted by atomic mass is 9.80. The van der Waals surface area contributed by atoms with Crippen molar-refractivity contribution in [2.75, 3.05) is 13.2 Å². The minimum Gasteiger partial charge on any atom is -0.381 e. The van der Waals surface area contributed by atoms with Gasteiger partial charge in [0.25, 0.3) is 0 Å². The highest BCUT2D eigenvalue weighted by molar-refractivity contribution is 5.85. The highest BCUT2D eigenvalue weighted by Crippen LogP contribution is 2.31. The molecule has 1 heterocycles. The van der Waals surface area contributed by atoms with E-state index in [9.17, 15) is 14.4 Å². The number of nitrogens with one attached hydrogen (secondary N) is 1. The summed E-state index contributed by atoms with van der Waals surface area (Å²) in [4.78, 5) is 12.4. The van der Waals surface area contributed by atoms with Gasteiger partial charge in [-0.3, -0.25) is 4.79 Å². The zero-order valence-electron chi connectivity index (χ0n) is 12.3. The predicted octanol–water partition coefficient (Wildman–Crippen LogP) is 2.63. The summed E-state index contributed by atoms with van der Waals surface area (Å²) in [5.41, 5.74) is 0.220. The molecule has 0 aliphatic carbocycles. The van der Waals surface area contributed by atoms with E-state index in [-0.39, 0.29) is 17.8 Å². The third-order valence-electron chi connectivity index (χ3n) is 4.04. The highest BCUT2D eigenvalue weighted by Gasteiger charge is 2.40. The molecule has 0 radical (unpaired) electrons. The summed E-state index contributed by atoms with van der Waals surface area (Å²) in [6.07, 6.45) is 0.786. The normalized spacial score (nSPS) is 18.6. The number of ether oxygens (including phenoxy) is 1. The average Bonchev–Trinajstić information content (AvgIpc) is 2.50. The van der Waals surface area contributed by atoms with Gasteiger partial charge in [-0.1, -0.05) is 12.1 Å². The number of carbonyl (C=O) groups is 1. The van der Waals surface area contributed by atoms with Gasteiger partial charge in [-0.25, -0.2) is 4.39 Å². The maximum absolute atomic E-state index is 13.6. The Kier molecular flexibility index (Phi) is 4.59. The highest BCUT2D eigenvalue weighted by atomic mass is 19.1. The van der Waals surface area contributed by atoms with E-state index in [1.54, 1.807) is 26.0 Å². The largest absolute Gasteiger partial charge is 0.381 e. The Morgan fingerprint density at radius 1 is 1.48 bits per heavy atom. The molecule has 0 spiro atoms. The van der Waals surface area contributed by atoms with Crippen molar-refractivity contribution in [2.45, 2.75) is 32.7 Å². The molecule has 5 heteroatoms. The molecule has 21 heavy (non-hydrogen) atoms. The third-order valence-corrected chi connectivity index (χ3v) is 4.04. The molecule has 1 atom stereocenters. The van der Waals surface area contributed by atoms with Gasteiger partial charge in [0.05, 0.1) is 12.1 Å². The molecule has 0 bridgehead atoms. The molecule has 1 amide bonds. The second-order valence-corrected chi connectivity index (χ2v) is 5.51. The van der Waals surface area contributed by atoms with Crippen LogP contribution in [0.3, 0.4) is 0 Å². The van der Waals surface area contributed by atoms with Crippen LogP contribution in [0, 0.1) is 29.5 Å². The van der Waals surface area contributed by atoms with Crippen LogP contribution >= 0.6 is 0 Å². The fourth-order valence-corrected chi connectivity index (χ4v) is 2.41. The first-order valence-corrected chi connectivity index (χ1v) is 7.04. The van der Waals surface area contributed by atoms with E-state index in [2.05, 4.69) is 11.4 Å². The Balaban J connectivity index is 2.11.